The number of nitrogens with zero attached hydrogens (tertiary/aromatic N) is 1. The number of rotatable bonds is 5. The van der Waals surface area contributed by atoms with Gasteiger partial charge in [0, 0.05) is 33.5 Å². The van der Waals surface area contributed by atoms with Crippen molar-refractivity contribution in [3.63, 3.8) is 0 Å². The van der Waals surface area contributed by atoms with Gasteiger partial charge in [0.2, 0.25) is 11.8 Å². The Kier molecular flexibility index (Phi) is 4.64. The van der Waals surface area contributed by atoms with E-state index in [4.69, 9.17) is 0 Å². The lowest BCUT2D eigenvalue weighted by atomic mass is 10.1. The summed E-state index contributed by atoms with van der Waals surface area (Å²) in [4.78, 5) is 44.8. The number of carbonyl (C=O) groups is 4. The number of hydrogen-bond acceptors (Lipinski definition) is 4. The smallest absolute Gasteiger partial charge is 0.253 e. The average molecular weight is 256 g/mol. The van der Waals surface area contributed by atoms with Crippen LogP contribution in [0.15, 0.2) is 0 Å². The molecular weight excluding hydrogens is 240 g/mol. The van der Waals surface area contributed by atoms with E-state index in [9.17, 15) is 19.2 Å². The minimum absolute atomic E-state index is 0.184. The molecule has 0 aromatic rings. The molecule has 0 aromatic heterocycles. The molecule has 1 heterocycles. The summed E-state index contributed by atoms with van der Waals surface area (Å²) in [5.74, 6) is -2.44. The molecule has 8 heteroatoms. The van der Waals surface area contributed by atoms with E-state index >= 15 is 0 Å². The lowest BCUT2D eigenvalue weighted by Gasteiger charge is -2.08. The van der Waals surface area contributed by atoms with Crippen molar-refractivity contribution in [2.45, 2.75) is 13.3 Å². The van der Waals surface area contributed by atoms with Gasteiger partial charge in [0.15, 0.2) is 0 Å². The summed E-state index contributed by atoms with van der Waals surface area (Å²) in [7, 11) is 1.43. The van der Waals surface area contributed by atoms with Crippen LogP contribution in [0.5, 0.6) is 0 Å². The maximum Gasteiger partial charge on any atom is 0.253 e. The zero-order valence-electron chi connectivity index (χ0n) is 10.3. The average Bonchev–Trinajstić information content (AvgIpc) is 2.51. The van der Waals surface area contributed by atoms with Crippen LogP contribution in [0.25, 0.3) is 0 Å². The van der Waals surface area contributed by atoms with Crippen LogP contribution < -0.4 is 16.1 Å². The van der Waals surface area contributed by atoms with Crippen LogP contribution in [-0.2, 0) is 19.2 Å². The second-order valence-corrected chi connectivity index (χ2v) is 3.96. The minimum Gasteiger partial charge on any atom is -0.355 e. The number of nitrogens with one attached hydrogen (secondary N) is 3. The van der Waals surface area contributed by atoms with E-state index in [-0.39, 0.29) is 18.9 Å². The Bertz CT molecular complexity index is 382. The van der Waals surface area contributed by atoms with Crippen molar-refractivity contribution in [1.29, 1.82) is 0 Å². The summed E-state index contributed by atoms with van der Waals surface area (Å²) in [5, 5.41) is 6.09. The van der Waals surface area contributed by atoms with Gasteiger partial charge in [-0.25, -0.2) is 0 Å². The highest BCUT2D eigenvalue weighted by atomic mass is 16.2. The zero-order valence-corrected chi connectivity index (χ0v) is 10.3. The van der Waals surface area contributed by atoms with Gasteiger partial charge in [-0.1, -0.05) is 0 Å². The Morgan fingerprint density at radius 2 is 1.89 bits per heavy atom. The molecule has 0 aromatic carbocycles. The molecule has 100 valence electrons. The Hall–Kier alpha value is -2.12. The van der Waals surface area contributed by atoms with E-state index in [0.29, 0.717) is 6.54 Å². The van der Waals surface area contributed by atoms with E-state index < -0.39 is 23.6 Å². The second-order valence-electron chi connectivity index (χ2n) is 3.96. The number of amides is 4. The van der Waals surface area contributed by atoms with Crippen molar-refractivity contribution in [2.75, 3.05) is 20.1 Å². The monoisotopic (exact) mass is 256 g/mol. The standard InChI is InChI=1S/C10H16N4O4/c1-6(15)11-3-4-12-8(16)5-7-9(17)13-14(2)10(7)18/h7H,3-5H2,1-2H3,(H,11,15)(H,12,16)(H,13,17). The van der Waals surface area contributed by atoms with Gasteiger partial charge < -0.3 is 10.6 Å². The maximum atomic E-state index is 11.5. The number of hydrazine groups is 1. The van der Waals surface area contributed by atoms with Crippen molar-refractivity contribution in [1.82, 2.24) is 21.1 Å². The first-order valence-corrected chi connectivity index (χ1v) is 5.51. The number of hydrogen-bond donors (Lipinski definition) is 3. The summed E-state index contributed by atoms with van der Waals surface area (Å²) in [6.07, 6.45) is -0.185. The first-order chi connectivity index (χ1) is 8.41. The van der Waals surface area contributed by atoms with E-state index in [0.717, 1.165) is 5.01 Å². The van der Waals surface area contributed by atoms with Crippen LogP contribution in [0.2, 0.25) is 0 Å². The molecule has 0 spiro atoms. The van der Waals surface area contributed by atoms with Crippen LogP contribution >= 0.6 is 0 Å². The fraction of sp³-hybridized carbons (Fsp3) is 0.600. The molecule has 1 unspecified atom stereocenters. The van der Waals surface area contributed by atoms with E-state index in [1.54, 1.807) is 0 Å². The third-order valence-electron chi connectivity index (χ3n) is 2.43. The summed E-state index contributed by atoms with van der Waals surface area (Å²) in [6.45, 7) is 1.95. The maximum absolute atomic E-state index is 11.5. The van der Waals surface area contributed by atoms with Crippen molar-refractivity contribution in [2.24, 2.45) is 5.92 Å². The molecule has 18 heavy (non-hydrogen) atoms. The highest BCUT2D eigenvalue weighted by Gasteiger charge is 2.38. The number of carbonyl (C=O) groups excluding carboxylic acids is 4. The Balaban J connectivity index is 2.30. The molecular formula is C10H16N4O4. The lowest BCUT2D eigenvalue weighted by Crippen LogP contribution is -2.36. The van der Waals surface area contributed by atoms with Crippen molar-refractivity contribution >= 4 is 23.6 Å². The predicted molar refractivity (Wildman–Crippen MR) is 60.7 cm³/mol. The Morgan fingerprint density at radius 1 is 1.28 bits per heavy atom. The molecule has 3 N–H and O–H groups in total. The molecule has 0 radical (unpaired) electrons. The van der Waals surface area contributed by atoms with Crippen LogP contribution in [0.1, 0.15) is 13.3 Å². The molecule has 1 aliphatic heterocycles. The normalized spacial score (nSPS) is 18.6. The van der Waals surface area contributed by atoms with Gasteiger partial charge in [-0.2, -0.15) is 0 Å². The van der Waals surface area contributed by atoms with Crippen molar-refractivity contribution < 1.29 is 19.2 Å². The minimum atomic E-state index is -0.962. The van der Waals surface area contributed by atoms with Gasteiger partial charge in [0.25, 0.3) is 11.8 Å². The van der Waals surface area contributed by atoms with Crippen molar-refractivity contribution in [3.05, 3.63) is 0 Å². The summed E-state index contributed by atoms with van der Waals surface area (Å²) < 4.78 is 0. The largest absolute Gasteiger partial charge is 0.355 e. The second kappa shape index (κ2) is 5.99. The molecule has 8 nitrogen and oxygen atoms in total. The quantitative estimate of drug-likeness (QED) is 0.381. The molecule has 1 rings (SSSR count). The molecule has 0 aliphatic carbocycles. The summed E-state index contributed by atoms with van der Waals surface area (Å²) >= 11 is 0. The third kappa shape index (κ3) is 3.72. The van der Waals surface area contributed by atoms with Crippen LogP contribution in [0.4, 0.5) is 0 Å². The first-order valence-electron chi connectivity index (χ1n) is 5.51. The van der Waals surface area contributed by atoms with Gasteiger partial charge in [-0.05, 0) is 0 Å². The summed E-state index contributed by atoms with van der Waals surface area (Å²) in [6, 6.07) is 0. The lowest BCUT2D eigenvalue weighted by molar-refractivity contribution is -0.135. The van der Waals surface area contributed by atoms with Crippen LogP contribution in [0.3, 0.4) is 0 Å². The molecule has 1 aliphatic rings. The molecule has 0 bridgehead atoms. The molecule has 0 saturated carbocycles. The molecule has 1 fully saturated rings. The highest BCUT2D eigenvalue weighted by Crippen LogP contribution is 2.12. The predicted octanol–water partition coefficient (Wildman–Crippen LogP) is -2.25. The fourth-order valence-corrected chi connectivity index (χ4v) is 1.52. The topological polar surface area (TPSA) is 108 Å². The molecule has 1 atom stereocenters. The van der Waals surface area contributed by atoms with Crippen LogP contribution in [0, 0.1) is 5.92 Å². The van der Waals surface area contributed by atoms with Gasteiger partial charge >= 0.3 is 0 Å². The van der Waals surface area contributed by atoms with E-state index in [1.807, 2.05) is 0 Å². The van der Waals surface area contributed by atoms with Gasteiger partial charge in [-0.15, -0.1) is 0 Å². The third-order valence-corrected chi connectivity index (χ3v) is 2.43. The van der Waals surface area contributed by atoms with Gasteiger partial charge in [-0.3, -0.25) is 29.6 Å². The van der Waals surface area contributed by atoms with Crippen LogP contribution in [-0.4, -0.2) is 48.8 Å². The molecule has 4 amide bonds. The SMILES string of the molecule is CC(=O)NCCNC(=O)CC1C(=O)NN(C)C1=O. The first kappa shape index (κ1) is 13.9. The Labute approximate surface area is 104 Å². The van der Waals surface area contributed by atoms with Gasteiger partial charge in [0.05, 0.1) is 0 Å². The fourth-order valence-electron chi connectivity index (χ4n) is 1.52. The molecule has 1 saturated heterocycles. The Morgan fingerprint density at radius 3 is 2.39 bits per heavy atom. The van der Waals surface area contributed by atoms with Gasteiger partial charge in [0.1, 0.15) is 5.92 Å². The zero-order chi connectivity index (χ0) is 13.7. The summed E-state index contributed by atoms with van der Waals surface area (Å²) in [5.41, 5.74) is 2.31. The highest BCUT2D eigenvalue weighted by molar-refractivity contribution is 6.07. The van der Waals surface area contributed by atoms with E-state index in [2.05, 4.69) is 16.1 Å². The van der Waals surface area contributed by atoms with Crippen molar-refractivity contribution in [3.8, 4) is 0 Å². The van der Waals surface area contributed by atoms with E-state index in [1.165, 1.54) is 14.0 Å².